The van der Waals surface area contributed by atoms with Gasteiger partial charge in [0.25, 0.3) is 0 Å². The molecule has 0 N–H and O–H groups in total. The Kier molecular flexibility index (Phi) is 3.25. The molecule has 0 aromatic heterocycles. The topological polar surface area (TPSA) is 46.6 Å². The van der Waals surface area contributed by atoms with E-state index < -0.39 is 10.0 Å². The van der Waals surface area contributed by atoms with Crippen molar-refractivity contribution in [3.05, 3.63) is 22.2 Å². The minimum Gasteiger partial charge on any atom is -0.492 e. The van der Waals surface area contributed by atoms with E-state index in [1.807, 2.05) is 12.1 Å². The van der Waals surface area contributed by atoms with Gasteiger partial charge in [0, 0.05) is 6.54 Å². The molecule has 1 aliphatic heterocycles. The third-order valence-corrected chi connectivity index (χ3v) is 5.36. The van der Waals surface area contributed by atoms with Gasteiger partial charge in [-0.25, -0.2) is 8.42 Å². The zero-order valence-corrected chi connectivity index (χ0v) is 13.1. The molecule has 0 unspecified atom stereocenters. The molecule has 1 aliphatic carbocycles. The zero-order chi connectivity index (χ0) is 13.6. The first-order valence-electron chi connectivity index (χ1n) is 6.38. The number of nitrogens with zero attached hydrogens (tertiary/aromatic N) is 1. The van der Waals surface area contributed by atoms with Crippen LogP contribution in [0.2, 0.25) is 0 Å². The second-order valence-corrected chi connectivity index (χ2v) is 8.01. The maximum Gasteiger partial charge on any atom is 0.232 e. The van der Waals surface area contributed by atoms with Gasteiger partial charge in [-0.05, 0) is 58.8 Å². The fraction of sp³-hybridized carbons (Fsp3) is 0.538. The van der Waals surface area contributed by atoms with Crippen LogP contribution in [0.25, 0.3) is 0 Å². The second-order valence-electron chi connectivity index (χ2n) is 5.25. The van der Waals surface area contributed by atoms with Crippen LogP contribution in [-0.2, 0) is 16.4 Å². The van der Waals surface area contributed by atoms with Crippen LogP contribution in [0.5, 0.6) is 5.75 Å². The first-order chi connectivity index (χ1) is 8.95. The van der Waals surface area contributed by atoms with Gasteiger partial charge in [-0.1, -0.05) is 0 Å². The zero-order valence-electron chi connectivity index (χ0n) is 10.7. The van der Waals surface area contributed by atoms with Gasteiger partial charge in [0.2, 0.25) is 10.0 Å². The summed E-state index contributed by atoms with van der Waals surface area (Å²) in [6.45, 7) is 1.28. The molecule has 2 aliphatic rings. The predicted octanol–water partition coefficient (Wildman–Crippen LogP) is 2.56. The maximum absolute atomic E-state index is 11.7. The van der Waals surface area contributed by atoms with Crippen LogP contribution >= 0.6 is 15.9 Å². The first-order valence-corrected chi connectivity index (χ1v) is 9.02. The van der Waals surface area contributed by atoms with Crippen LogP contribution in [0.15, 0.2) is 16.6 Å². The SMILES string of the molecule is CS(=O)(=O)N1CCc2cc(OCC3CC3)c(Br)cc21. The second kappa shape index (κ2) is 4.66. The average molecular weight is 346 g/mol. The van der Waals surface area contributed by atoms with E-state index >= 15 is 0 Å². The van der Waals surface area contributed by atoms with Gasteiger partial charge >= 0.3 is 0 Å². The van der Waals surface area contributed by atoms with Crippen molar-refractivity contribution in [1.29, 1.82) is 0 Å². The minimum absolute atomic E-state index is 0.521. The van der Waals surface area contributed by atoms with Crippen molar-refractivity contribution >= 4 is 31.6 Å². The number of hydrogen-bond acceptors (Lipinski definition) is 3. The van der Waals surface area contributed by atoms with Gasteiger partial charge in [0.05, 0.1) is 23.0 Å². The first kappa shape index (κ1) is 13.2. The van der Waals surface area contributed by atoms with Crippen LogP contribution in [-0.4, -0.2) is 27.8 Å². The van der Waals surface area contributed by atoms with Gasteiger partial charge in [-0.15, -0.1) is 0 Å². The summed E-state index contributed by atoms with van der Waals surface area (Å²) < 4.78 is 31.5. The van der Waals surface area contributed by atoms with E-state index in [9.17, 15) is 8.42 Å². The highest BCUT2D eigenvalue weighted by Crippen LogP contribution is 2.39. The third-order valence-electron chi connectivity index (χ3n) is 3.56. The molecule has 6 heteroatoms. The quantitative estimate of drug-likeness (QED) is 0.842. The summed E-state index contributed by atoms with van der Waals surface area (Å²) in [5.74, 6) is 1.52. The standard InChI is InChI=1S/C13H16BrNO3S/c1-19(16,17)15-5-4-10-6-13(11(14)7-12(10)15)18-8-9-2-3-9/h6-7,9H,2-5,8H2,1H3. The Balaban J connectivity index is 1.88. The summed E-state index contributed by atoms with van der Waals surface area (Å²) in [5.41, 5.74) is 1.81. The van der Waals surface area contributed by atoms with Crippen LogP contribution in [0.1, 0.15) is 18.4 Å². The van der Waals surface area contributed by atoms with Crippen LogP contribution < -0.4 is 9.04 Å². The Labute approximate surface area is 121 Å². The van der Waals surface area contributed by atoms with Crippen LogP contribution in [0.3, 0.4) is 0 Å². The lowest BCUT2D eigenvalue weighted by atomic mass is 10.1. The summed E-state index contributed by atoms with van der Waals surface area (Å²) in [5, 5.41) is 0. The molecule has 0 bridgehead atoms. The largest absolute Gasteiger partial charge is 0.492 e. The van der Waals surface area contributed by atoms with Crippen molar-refractivity contribution in [2.24, 2.45) is 5.92 Å². The average Bonchev–Trinajstić information content (AvgIpc) is 3.04. The predicted molar refractivity (Wildman–Crippen MR) is 78.3 cm³/mol. The lowest BCUT2D eigenvalue weighted by Crippen LogP contribution is -2.27. The Morgan fingerprint density at radius 2 is 2.16 bits per heavy atom. The number of hydrogen-bond donors (Lipinski definition) is 0. The lowest BCUT2D eigenvalue weighted by Gasteiger charge is -2.17. The van der Waals surface area contributed by atoms with E-state index in [1.165, 1.54) is 23.4 Å². The molecule has 1 aromatic carbocycles. The molecule has 0 radical (unpaired) electrons. The highest BCUT2D eigenvalue weighted by molar-refractivity contribution is 9.10. The van der Waals surface area contributed by atoms with E-state index in [2.05, 4.69) is 15.9 Å². The van der Waals surface area contributed by atoms with Crippen molar-refractivity contribution in [1.82, 2.24) is 0 Å². The number of halogens is 1. The molecule has 1 heterocycles. The van der Waals surface area contributed by atoms with Crippen LogP contribution in [0.4, 0.5) is 5.69 Å². The molecule has 0 saturated heterocycles. The van der Waals surface area contributed by atoms with Gasteiger partial charge < -0.3 is 4.74 Å². The van der Waals surface area contributed by atoms with Crippen molar-refractivity contribution in [2.75, 3.05) is 23.7 Å². The Morgan fingerprint density at radius 1 is 1.42 bits per heavy atom. The number of sulfonamides is 1. The van der Waals surface area contributed by atoms with Crippen molar-refractivity contribution in [3.63, 3.8) is 0 Å². The van der Waals surface area contributed by atoms with E-state index in [1.54, 1.807) is 0 Å². The highest BCUT2D eigenvalue weighted by Gasteiger charge is 2.28. The fourth-order valence-electron chi connectivity index (χ4n) is 2.31. The van der Waals surface area contributed by atoms with Gasteiger partial charge in [0.15, 0.2) is 0 Å². The number of anilines is 1. The number of fused-ring (bicyclic) bond motifs is 1. The number of rotatable bonds is 4. The van der Waals surface area contributed by atoms with E-state index in [0.717, 1.165) is 34.5 Å². The molecule has 0 spiro atoms. The number of ether oxygens (including phenoxy) is 1. The van der Waals surface area contributed by atoms with E-state index in [-0.39, 0.29) is 0 Å². The summed E-state index contributed by atoms with van der Waals surface area (Å²) in [6, 6.07) is 3.82. The minimum atomic E-state index is -3.19. The molecule has 104 valence electrons. The molecular formula is C13H16BrNO3S. The molecule has 0 amide bonds. The van der Waals surface area contributed by atoms with Crippen molar-refractivity contribution in [3.8, 4) is 5.75 Å². The van der Waals surface area contributed by atoms with Crippen LogP contribution in [0, 0.1) is 5.92 Å². The van der Waals surface area contributed by atoms with Crippen molar-refractivity contribution < 1.29 is 13.2 Å². The lowest BCUT2D eigenvalue weighted by molar-refractivity contribution is 0.298. The van der Waals surface area contributed by atoms with Crippen molar-refractivity contribution in [2.45, 2.75) is 19.3 Å². The maximum atomic E-state index is 11.7. The Morgan fingerprint density at radius 3 is 2.79 bits per heavy atom. The number of benzene rings is 1. The Hall–Kier alpha value is -0.750. The monoisotopic (exact) mass is 345 g/mol. The summed E-state index contributed by atoms with van der Waals surface area (Å²) in [4.78, 5) is 0. The molecule has 4 nitrogen and oxygen atoms in total. The van der Waals surface area contributed by atoms with E-state index in [4.69, 9.17) is 4.74 Å². The highest BCUT2D eigenvalue weighted by atomic mass is 79.9. The van der Waals surface area contributed by atoms with Gasteiger partial charge in [-0.2, -0.15) is 0 Å². The fourth-order valence-corrected chi connectivity index (χ4v) is 3.70. The smallest absolute Gasteiger partial charge is 0.232 e. The molecule has 1 aromatic rings. The molecule has 0 atom stereocenters. The molecule has 1 saturated carbocycles. The molecule has 1 fully saturated rings. The summed E-state index contributed by atoms with van der Waals surface area (Å²) in [7, 11) is -3.19. The third kappa shape index (κ3) is 2.74. The normalized spacial score (nSPS) is 18.5. The van der Waals surface area contributed by atoms with Gasteiger partial charge in [0.1, 0.15) is 5.75 Å². The molecule has 3 rings (SSSR count). The van der Waals surface area contributed by atoms with E-state index in [0.29, 0.717) is 12.5 Å². The summed E-state index contributed by atoms with van der Waals surface area (Å²) in [6.07, 6.45) is 4.50. The van der Waals surface area contributed by atoms with Gasteiger partial charge in [-0.3, -0.25) is 4.31 Å². The molecular weight excluding hydrogens is 330 g/mol. The Bertz CT molecular complexity index is 611. The summed E-state index contributed by atoms with van der Waals surface area (Å²) >= 11 is 3.47. The molecule has 19 heavy (non-hydrogen) atoms.